The summed E-state index contributed by atoms with van der Waals surface area (Å²) in [6, 6.07) is -0.434. The highest BCUT2D eigenvalue weighted by Gasteiger charge is 2.22. The Morgan fingerprint density at radius 1 is 1.42 bits per heavy atom. The lowest BCUT2D eigenvalue weighted by atomic mass is 10.1. The molecule has 0 saturated heterocycles. The molecule has 1 aromatic rings. The highest BCUT2D eigenvalue weighted by molar-refractivity contribution is 7.89. The van der Waals surface area contributed by atoms with Gasteiger partial charge in [-0.1, -0.05) is 19.8 Å². The van der Waals surface area contributed by atoms with Crippen LogP contribution in [0.2, 0.25) is 0 Å². The van der Waals surface area contributed by atoms with Crippen LogP contribution in [0, 0.1) is 0 Å². The maximum atomic E-state index is 12.0. The van der Waals surface area contributed by atoms with E-state index in [1.54, 1.807) is 0 Å². The van der Waals surface area contributed by atoms with Gasteiger partial charge in [-0.2, -0.15) is 0 Å². The predicted molar refractivity (Wildman–Crippen MR) is 70.4 cm³/mol. The second kappa shape index (κ2) is 6.64. The molecule has 0 aliphatic heterocycles. The van der Waals surface area contributed by atoms with Gasteiger partial charge in [-0.3, -0.25) is 9.78 Å². The highest BCUT2D eigenvalue weighted by Crippen LogP contribution is 2.05. The van der Waals surface area contributed by atoms with Crippen LogP contribution in [0.4, 0.5) is 0 Å². The molecule has 5 N–H and O–H groups in total. The summed E-state index contributed by atoms with van der Waals surface area (Å²) in [4.78, 5) is 25.7. The van der Waals surface area contributed by atoms with Crippen molar-refractivity contribution in [1.29, 1.82) is 0 Å². The third kappa shape index (κ3) is 4.30. The maximum Gasteiger partial charge on any atom is 0.325 e. The molecule has 0 radical (unpaired) electrons. The number of aromatic nitrogens is 2. The molecule has 0 bridgehead atoms. The van der Waals surface area contributed by atoms with Gasteiger partial charge in [0, 0.05) is 18.8 Å². The van der Waals surface area contributed by atoms with Gasteiger partial charge < -0.3 is 10.7 Å². The molecule has 19 heavy (non-hydrogen) atoms. The molecular formula is C10H18N4O4S. The third-order valence-corrected chi connectivity index (χ3v) is 4.11. The van der Waals surface area contributed by atoms with Crippen molar-refractivity contribution >= 4 is 10.0 Å². The summed E-state index contributed by atoms with van der Waals surface area (Å²) in [6.07, 6.45) is 3.20. The Morgan fingerprint density at radius 3 is 2.63 bits per heavy atom. The summed E-state index contributed by atoms with van der Waals surface area (Å²) >= 11 is 0. The van der Waals surface area contributed by atoms with Crippen LogP contribution in [-0.2, 0) is 10.0 Å². The fourth-order valence-electron chi connectivity index (χ4n) is 1.56. The van der Waals surface area contributed by atoms with E-state index in [1.807, 2.05) is 11.9 Å². The van der Waals surface area contributed by atoms with Gasteiger partial charge in [0.25, 0.3) is 5.56 Å². The SMILES string of the molecule is CCCCC(CN)NS(=O)(=O)c1c[nH]c(=O)[nH]c1=O. The zero-order valence-electron chi connectivity index (χ0n) is 10.6. The van der Waals surface area contributed by atoms with Crippen LogP contribution in [0.5, 0.6) is 0 Å². The average molecular weight is 290 g/mol. The summed E-state index contributed by atoms with van der Waals surface area (Å²) < 4.78 is 26.3. The van der Waals surface area contributed by atoms with E-state index in [4.69, 9.17) is 5.73 Å². The van der Waals surface area contributed by atoms with Crippen LogP contribution in [0.25, 0.3) is 0 Å². The summed E-state index contributed by atoms with van der Waals surface area (Å²) in [5.41, 5.74) is 3.78. The first kappa shape index (κ1) is 15.6. The van der Waals surface area contributed by atoms with E-state index in [0.717, 1.165) is 19.0 Å². The quantitative estimate of drug-likeness (QED) is 0.503. The molecule has 108 valence electrons. The van der Waals surface area contributed by atoms with Gasteiger partial charge in [0.05, 0.1) is 0 Å². The Kier molecular flexibility index (Phi) is 5.45. The average Bonchev–Trinajstić information content (AvgIpc) is 2.33. The van der Waals surface area contributed by atoms with E-state index in [2.05, 4.69) is 9.71 Å². The van der Waals surface area contributed by atoms with Crippen molar-refractivity contribution in [2.45, 2.75) is 37.1 Å². The number of nitrogens with two attached hydrogens (primary N) is 1. The van der Waals surface area contributed by atoms with Crippen LogP contribution in [-0.4, -0.2) is 31.0 Å². The first-order valence-corrected chi connectivity index (χ1v) is 7.43. The minimum Gasteiger partial charge on any atom is -0.329 e. The molecule has 0 aromatic carbocycles. The van der Waals surface area contributed by atoms with Crippen molar-refractivity contribution < 1.29 is 8.42 Å². The lowest BCUT2D eigenvalue weighted by Gasteiger charge is -2.15. The van der Waals surface area contributed by atoms with Crippen molar-refractivity contribution in [2.24, 2.45) is 5.73 Å². The zero-order chi connectivity index (χ0) is 14.5. The van der Waals surface area contributed by atoms with E-state index in [0.29, 0.717) is 6.42 Å². The summed E-state index contributed by atoms with van der Waals surface area (Å²) in [6.45, 7) is 2.12. The number of sulfonamides is 1. The molecule has 1 aromatic heterocycles. The Bertz CT molecular complexity index is 619. The van der Waals surface area contributed by atoms with Crippen molar-refractivity contribution in [2.75, 3.05) is 6.54 Å². The van der Waals surface area contributed by atoms with Crippen molar-refractivity contribution in [1.82, 2.24) is 14.7 Å². The second-order valence-electron chi connectivity index (χ2n) is 4.13. The number of nitrogens with one attached hydrogen (secondary N) is 3. The molecule has 1 heterocycles. The van der Waals surface area contributed by atoms with Gasteiger partial charge >= 0.3 is 5.69 Å². The topological polar surface area (TPSA) is 138 Å². The molecule has 8 nitrogen and oxygen atoms in total. The van der Waals surface area contributed by atoms with Crippen LogP contribution >= 0.6 is 0 Å². The number of hydrogen-bond acceptors (Lipinski definition) is 5. The minimum absolute atomic E-state index is 0.139. The van der Waals surface area contributed by atoms with E-state index >= 15 is 0 Å². The molecular weight excluding hydrogens is 272 g/mol. The van der Waals surface area contributed by atoms with E-state index in [1.165, 1.54) is 0 Å². The first-order valence-electron chi connectivity index (χ1n) is 5.95. The monoisotopic (exact) mass is 290 g/mol. The Hall–Kier alpha value is -1.45. The maximum absolute atomic E-state index is 12.0. The fraction of sp³-hybridized carbons (Fsp3) is 0.600. The molecule has 0 spiro atoms. The first-order chi connectivity index (χ1) is 8.90. The van der Waals surface area contributed by atoms with Crippen molar-refractivity contribution in [3.63, 3.8) is 0 Å². The smallest absolute Gasteiger partial charge is 0.325 e. The normalized spacial score (nSPS) is 13.4. The standard InChI is InChI=1S/C10H18N4O4S/c1-2-3-4-7(5-11)14-19(17,18)8-6-12-10(16)13-9(8)15/h6-7,14H,2-5,11H2,1H3,(H2,12,13,15,16). The predicted octanol–water partition coefficient (Wildman–Crippen LogP) is -1.14. The van der Waals surface area contributed by atoms with Crippen LogP contribution in [0.15, 0.2) is 20.7 Å². The number of unbranched alkanes of at least 4 members (excludes halogenated alkanes) is 1. The van der Waals surface area contributed by atoms with Gasteiger partial charge in [-0.05, 0) is 6.42 Å². The lowest BCUT2D eigenvalue weighted by molar-refractivity contribution is 0.515. The fourth-order valence-corrected chi connectivity index (χ4v) is 2.84. The molecule has 1 rings (SSSR count). The molecule has 9 heteroatoms. The largest absolute Gasteiger partial charge is 0.329 e. The van der Waals surface area contributed by atoms with Gasteiger partial charge in [0.15, 0.2) is 4.90 Å². The van der Waals surface area contributed by atoms with E-state index in [-0.39, 0.29) is 6.54 Å². The molecule has 1 unspecified atom stereocenters. The molecule has 1 atom stereocenters. The zero-order valence-corrected chi connectivity index (χ0v) is 11.4. The van der Waals surface area contributed by atoms with Gasteiger partial charge in [0.2, 0.25) is 10.0 Å². The number of aromatic amines is 2. The van der Waals surface area contributed by atoms with Crippen molar-refractivity contribution in [3.8, 4) is 0 Å². The lowest BCUT2D eigenvalue weighted by Crippen LogP contribution is -2.42. The van der Waals surface area contributed by atoms with Crippen LogP contribution < -0.4 is 21.7 Å². The van der Waals surface area contributed by atoms with E-state index in [9.17, 15) is 18.0 Å². The van der Waals surface area contributed by atoms with Crippen LogP contribution in [0.3, 0.4) is 0 Å². The second-order valence-corrected chi connectivity index (χ2v) is 5.81. The number of hydrogen-bond donors (Lipinski definition) is 4. The van der Waals surface area contributed by atoms with Gasteiger partial charge in [-0.15, -0.1) is 0 Å². The third-order valence-electron chi connectivity index (χ3n) is 2.59. The molecule has 0 amide bonds. The Balaban J connectivity index is 2.97. The molecule has 0 aliphatic carbocycles. The molecule has 0 saturated carbocycles. The minimum atomic E-state index is -3.99. The van der Waals surface area contributed by atoms with Crippen LogP contribution in [0.1, 0.15) is 26.2 Å². The van der Waals surface area contributed by atoms with Gasteiger partial charge in [0.1, 0.15) is 0 Å². The van der Waals surface area contributed by atoms with Gasteiger partial charge in [-0.25, -0.2) is 17.9 Å². The molecule has 0 fully saturated rings. The summed E-state index contributed by atoms with van der Waals surface area (Å²) in [5, 5.41) is 0. The summed E-state index contributed by atoms with van der Waals surface area (Å²) in [7, 11) is -3.99. The number of rotatable bonds is 7. The summed E-state index contributed by atoms with van der Waals surface area (Å²) in [5.74, 6) is 0. The highest BCUT2D eigenvalue weighted by atomic mass is 32.2. The number of H-pyrrole nitrogens is 2. The Morgan fingerprint density at radius 2 is 2.11 bits per heavy atom. The van der Waals surface area contributed by atoms with E-state index < -0.39 is 32.2 Å². The van der Waals surface area contributed by atoms with Crippen molar-refractivity contribution in [3.05, 3.63) is 27.0 Å². The Labute approximate surface area is 110 Å². The molecule has 0 aliphatic rings.